The van der Waals surface area contributed by atoms with Crippen LogP contribution in [0.25, 0.3) is 0 Å². The highest BCUT2D eigenvalue weighted by atomic mass is 16.5. The Balaban J connectivity index is 2.31. The number of morpholine rings is 1. The zero-order valence-corrected chi connectivity index (χ0v) is 12.4. The van der Waals surface area contributed by atoms with Crippen molar-refractivity contribution in [2.45, 2.75) is 38.9 Å². The standard InChI is InChI=1S/C15H22N2O3/c1-14(2)8-17(9-15(3,4)20-14)13(19)11-7-10(18)5-6-12(11)16/h5-7,18H,8-9,16H2,1-4H3. The molecule has 1 amide bonds. The topological polar surface area (TPSA) is 75.8 Å². The zero-order valence-electron chi connectivity index (χ0n) is 12.4. The Morgan fingerprint density at radius 3 is 2.35 bits per heavy atom. The van der Waals surface area contributed by atoms with Gasteiger partial charge in [0, 0.05) is 18.8 Å². The van der Waals surface area contributed by atoms with Crippen molar-refractivity contribution in [2.24, 2.45) is 0 Å². The molecule has 1 aromatic carbocycles. The zero-order chi connectivity index (χ0) is 15.1. The van der Waals surface area contributed by atoms with E-state index in [2.05, 4.69) is 0 Å². The molecule has 1 aliphatic rings. The lowest BCUT2D eigenvalue weighted by Crippen LogP contribution is -2.58. The molecule has 5 heteroatoms. The molecule has 0 bridgehead atoms. The Morgan fingerprint density at radius 2 is 1.80 bits per heavy atom. The first-order valence-electron chi connectivity index (χ1n) is 6.68. The fourth-order valence-corrected chi connectivity index (χ4v) is 2.83. The van der Waals surface area contributed by atoms with Gasteiger partial charge in [-0.1, -0.05) is 0 Å². The Labute approximate surface area is 119 Å². The molecule has 1 aromatic rings. The minimum atomic E-state index is -0.414. The highest BCUT2D eigenvalue weighted by Crippen LogP contribution is 2.30. The molecule has 1 heterocycles. The molecule has 0 saturated carbocycles. The summed E-state index contributed by atoms with van der Waals surface area (Å²) in [6.45, 7) is 8.81. The van der Waals surface area contributed by atoms with Crippen molar-refractivity contribution in [3.63, 3.8) is 0 Å². The Hall–Kier alpha value is -1.75. The van der Waals surface area contributed by atoms with E-state index in [0.29, 0.717) is 24.3 Å². The number of nitrogens with two attached hydrogens (primary N) is 1. The van der Waals surface area contributed by atoms with Crippen LogP contribution in [0.3, 0.4) is 0 Å². The number of carbonyl (C=O) groups excluding carboxylic acids is 1. The van der Waals surface area contributed by atoms with Crippen LogP contribution in [-0.2, 0) is 4.74 Å². The molecule has 0 aliphatic carbocycles. The van der Waals surface area contributed by atoms with Gasteiger partial charge in [0.15, 0.2) is 0 Å². The van der Waals surface area contributed by atoms with Gasteiger partial charge in [-0.25, -0.2) is 0 Å². The van der Waals surface area contributed by atoms with Crippen molar-refractivity contribution in [1.82, 2.24) is 4.90 Å². The first-order valence-corrected chi connectivity index (χ1v) is 6.68. The monoisotopic (exact) mass is 278 g/mol. The summed E-state index contributed by atoms with van der Waals surface area (Å²) in [6, 6.07) is 4.42. The van der Waals surface area contributed by atoms with Crippen LogP contribution in [0.2, 0.25) is 0 Å². The number of rotatable bonds is 1. The van der Waals surface area contributed by atoms with E-state index in [4.69, 9.17) is 10.5 Å². The second-order valence-corrected chi connectivity index (χ2v) is 6.55. The van der Waals surface area contributed by atoms with Crippen molar-refractivity contribution >= 4 is 11.6 Å². The summed E-state index contributed by atoms with van der Waals surface area (Å²) < 4.78 is 5.96. The van der Waals surface area contributed by atoms with E-state index in [0.717, 1.165) is 0 Å². The second kappa shape index (κ2) is 4.66. The number of phenols is 1. The Bertz CT molecular complexity index is 522. The molecule has 0 radical (unpaired) electrons. The molecular weight excluding hydrogens is 256 g/mol. The number of anilines is 1. The van der Waals surface area contributed by atoms with Gasteiger partial charge in [0.25, 0.3) is 5.91 Å². The molecule has 2 rings (SSSR count). The van der Waals surface area contributed by atoms with Gasteiger partial charge in [0.05, 0.1) is 16.8 Å². The van der Waals surface area contributed by atoms with Crippen LogP contribution < -0.4 is 5.73 Å². The second-order valence-electron chi connectivity index (χ2n) is 6.55. The largest absolute Gasteiger partial charge is 0.508 e. The number of nitrogen functional groups attached to an aromatic ring is 1. The summed E-state index contributed by atoms with van der Waals surface area (Å²) in [5, 5.41) is 9.54. The van der Waals surface area contributed by atoms with E-state index in [1.807, 2.05) is 27.7 Å². The van der Waals surface area contributed by atoms with Gasteiger partial charge < -0.3 is 20.5 Å². The summed E-state index contributed by atoms with van der Waals surface area (Å²) in [4.78, 5) is 14.4. The number of hydrogen-bond donors (Lipinski definition) is 2. The lowest BCUT2D eigenvalue weighted by atomic mass is 9.98. The minimum absolute atomic E-state index is 0.0364. The number of aromatic hydroxyl groups is 1. The van der Waals surface area contributed by atoms with Gasteiger partial charge in [-0.2, -0.15) is 0 Å². The number of hydrogen-bond acceptors (Lipinski definition) is 4. The van der Waals surface area contributed by atoms with Gasteiger partial charge in [-0.05, 0) is 45.9 Å². The Morgan fingerprint density at radius 1 is 1.25 bits per heavy atom. The fraction of sp³-hybridized carbons (Fsp3) is 0.533. The first-order chi connectivity index (χ1) is 9.10. The maximum Gasteiger partial charge on any atom is 0.256 e. The van der Waals surface area contributed by atoms with Gasteiger partial charge in [0.2, 0.25) is 0 Å². The van der Waals surface area contributed by atoms with Gasteiger partial charge in [-0.3, -0.25) is 4.79 Å². The molecular formula is C15H22N2O3. The lowest BCUT2D eigenvalue weighted by Gasteiger charge is -2.47. The van der Waals surface area contributed by atoms with Gasteiger partial charge in [0.1, 0.15) is 5.75 Å². The molecule has 1 fully saturated rings. The minimum Gasteiger partial charge on any atom is -0.508 e. The number of benzene rings is 1. The van der Waals surface area contributed by atoms with E-state index in [9.17, 15) is 9.90 Å². The molecule has 0 atom stereocenters. The first kappa shape index (κ1) is 14.7. The van der Waals surface area contributed by atoms with Crippen LogP contribution in [0.4, 0.5) is 5.69 Å². The van der Waals surface area contributed by atoms with E-state index >= 15 is 0 Å². The summed E-state index contributed by atoms with van der Waals surface area (Å²) in [5.74, 6) is -0.142. The average molecular weight is 278 g/mol. The highest BCUT2D eigenvalue weighted by Gasteiger charge is 2.40. The van der Waals surface area contributed by atoms with Crippen LogP contribution in [0.15, 0.2) is 18.2 Å². The van der Waals surface area contributed by atoms with Crippen LogP contribution in [0.5, 0.6) is 5.75 Å². The van der Waals surface area contributed by atoms with E-state index in [1.54, 1.807) is 11.0 Å². The van der Waals surface area contributed by atoms with Crippen molar-refractivity contribution < 1.29 is 14.6 Å². The predicted molar refractivity (Wildman–Crippen MR) is 77.7 cm³/mol. The molecule has 1 saturated heterocycles. The molecule has 3 N–H and O–H groups in total. The summed E-state index contributed by atoms with van der Waals surface area (Å²) >= 11 is 0. The maximum absolute atomic E-state index is 12.6. The van der Waals surface area contributed by atoms with Gasteiger partial charge >= 0.3 is 0 Å². The molecule has 0 spiro atoms. The van der Waals surface area contributed by atoms with Crippen molar-refractivity contribution in [3.05, 3.63) is 23.8 Å². The molecule has 5 nitrogen and oxygen atoms in total. The average Bonchev–Trinajstić information content (AvgIpc) is 2.27. The quantitative estimate of drug-likeness (QED) is 0.608. The van der Waals surface area contributed by atoms with E-state index in [1.165, 1.54) is 12.1 Å². The smallest absolute Gasteiger partial charge is 0.256 e. The number of amides is 1. The number of ether oxygens (including phenoxy) is 1. The highest BCUT2D eigenvalue weighted by molar-refractivity contribution is 5.99. The molecule has 0 unspecified atom stereocenters. The summed E-state index contributed by atoms with van der Waals surface area (Å²) in [7, 11) is 0. The van der Waals surface area contributed by atoms with E-state index in [-0.39, 0.29) is 11.7 Å². The summed E-state index contributed by atoms with van der Waals surface area (Å²) in [6.07, 6.45) is 0. The molecule has 20 heavy (non-hydrogen) atoms. The third kappa shape index (κ3) is 3.04. The Kier molecular flexibility index (Phi) is 3.42. The number of phenolic OH excluding ortho intramolecular Hbond substituents is 1. The molecule has 0 aromatic heterocycles. The SMILES string of the molecule is CC1(C)CN(C(=O)c2cc(O)ccc2N)CC(C)(C)O1. The van der Waals surface area contributed by atoms with E-state index < -0.39 is 11.2 Å². The fourth-order valence-electron chi connectivity index (χ4n) is 2.83. The maximum atomic E-state index is 12.6. The number of carbonyl (C=O) groups is 1. The van der Waals surface area contributed by atoms with Gasteiger partial charge in [-0.15, -0.1) is 0 Å². The third-order valence-electron chi connectivity index (χ3n) is 3.25. The predicted octanol–water partition coefficient (Wildman–Crippen LogP) is 2.00. The normalized spacial score (nSPS) is 20.7. The molecule has 1 aliphatic heterocycles. The van der Waals surface area contributed by atoms with Crippen LogP contribution in [0.1, 0.15) is 38.1 Å². The third-order valence-corrected chi connectivity index (χ3v) is 3.25. The van der Waals surface area contributed by atoms with Crippen LogP contribution in [-0.4, -0.2) is 40.2 Å². The summed E-state index contributed by atoms with van der Waals surface area (Å²) in [5.41, 5.74) is 5.72. The van der Waals surface area contributed by atoms with Crippen LogP contribution >= 0.6 is 0 Å². The van der Waals surface area contributed by atoms with Crippen molar-refractivity contribution in [1.29, 1.82) is 0 Å². The van der Waals surface area contributed by atoms with Crippen LogP contribution in [0, 0.1) is 0 Å². The molecule has 110 valence electrons. The van der Waals surface area contributed by atoms with Crippen molar-refractivity contribution in [3.8, 4) is 5.75 Å². The number of nitrogens with zero attached hydrogens (tertiary/aromatic N) is 1. The lowest BCUT2D eigenvalue weighted by molar-refractivity contribution is -0.171. The van der Waals surface area contributed by atoms with Crippen molar-refractivity contribution in [2.75, 3.05) is 18.8 Å².